The van der Waals surface area contributed by atoms with E-state index in [2.05, 4.69) is 12.2 Å². The Labute approximate surface area is 117 Å². The second-order valence-electron chi connectivity index (χ2n) is 6.04. The van der Waals surface area contributed by atoms with Gasteiger partial charge in [0.15, 0.2) is 0 Å². The molecule has 2 unspecified atom stereocenters. The van der Waals surface area contributed by atoms with Crippen LogP contribution in [0.2, 0.25) is 0 Å². The van der Waals surface area contributed by atoms with E-state index in [0.717, 1.165) is 19.4 Å². The molecule has 0 saturated heterocycles. The highest BCUT2D eigenvalue weighted by Crippen LogP contribution is 2.47. The van der Waals surface area contributed by atoms with Crippen LogP contribution in [0.1, 0.15) is 58.3 Å². The van der Waals surface area contributed by atoms with E-state index in [0.29, 0.717) is 17.8 Å². The monoisotopic (exact) mass is 274 g/mol. The van der Waals surface area contributed by atoms with Gasteiger partial charge in [0.25, 0.3) is 0 Å². The van der Waals surface area contributed by atoms with Gasteiger partial charge in [-0.1, -0.05) is 19.8 Å². The molecule has 3 nitrogen and oxygen atoms in total. The number of nitrogens with two attached hydrogens (primary N) is 1. The average Bonchev–Trinajstić information content (AvgIpc) is 3.10. The lowest BCUT2D eigenvalue weighted by molar-refractivity contribution is -0.122. The first-order chi connectivity index (χ1) is 8.15. The summed E-state index contributed by atoms with van der Waals surface area (Å²) in [5.74, 6) is 0.632. The molecule has 0 spiro atoms. The SMILES string of the molecule is CCC1(CNC(=O)CC2CCCCC2N)CC1.Cl. The molecule has 4 heteroatoms. The van der Waals surface area contributed by atoms with Gasteiger partial charge >= 0.3 is 0 Å². The fourth-order valence-corrected chi connectivity index (χ4v) is 2.92. The number of carbonyl (C=O) groups is 1. The number of nitrogens with one attached hydrogen (secondary N) is 1. The summed E-state index contributed by atoms with van der Waals surface area (Å²) < 4.78 is 0. The normalized spacial score (nSPS) is 29.2. The van der Waals surface area contributed by atoms with Crippen LogP contribution in [-0.4, -0.2) is 18.5 Å². The van der Waals surface area contributed by atoms with Crippen molar-refractivity contribution in [3.63, 3.8) is 0 Å². The standard InChI is InChI=1S/C14H26N2O.ClH/c1-2-14(7-8-14)10-16-13(17)9-11-5-3-4-6-12(11)15;/h11-12H,2-10,15H2,1H3,(H,16,17);1H. The predicted octanol–water partition coefficient (Wildman–Crippen LogP) is 2.62. The lowest BCUT2D eigenvalue weighted by atomic mass is 9.83. The Morgan fingerprint density at radius 1 is 1.33 bits per heavy atom. The van der Waals surface area contributed by atoms with Gasteiger partial charge in [0, 0.05) is 19.0 Å². The minimum Gasteiger partial charge on any atom is -0.356 e. The highest BCUT2D eigenvalue weighted by molar-refractivity contribution is 5.85. The maximum atomic E-state index is 11.9. The van der Waals surface area contributed by atoms with Crippen LogP contribution in [0, 0.1) is 11.3 Å². The molecule has 106 valence electrons. The van der Waals surface area contributed by atoms with Crippen LogP contribution in [0.5, 0.6) is 0 Å². The summed E-state index contributed by atoms with van der Waals surface area (Å²) in [7, 11) is 0. The van der Waals surface area contributed by atoms with E-state index < -0.39 is 0 Å². The predicted molar refractivity (Wildman–Crippen MR) is 76.8 cm³/mol. The van der Waals surface area contributed by atoms with Crippen molar-refractivity contribution in [2.45, 2.75) is 64.3 Å². The number of halogens is 1. The van der Waals surface area contributed by atoms with E-state index in [9.17, 15) is 4.79 Å². The average molecular weight is 275 g/mol. The molecule has 2 fully saturated rings. The van der Waals surface area contributed by atoms with Crippen molar-refractivity contribution in [1.29, 1.82) is 0 Å². The van der Waals surface area contributed by atoms with Crippen LogP contribution in [0.3, 0.4) is 0 Å². The largest absolute Gasteiger partial charge is 0.356 e. The molecule has 0 aromatic heterocycles. The van der Waals surface area contributed by atoms with Gasteiger partial charge in [-0.15, -0.1) is 12.4 Å². The zero-order valence-corrected chi connectivity index (χ0v) is 12.2. The molecule has 0 aromatic carbocycles. The number of hydrogen-bond acceptors (Lipinski definition) is 2. The van der Waals surface area contributed by atoms with E-state index in [1.54, 1.807) is 0 Å². The number of carbonyl (C=O) groups excluding carboxylic acids is 1. The van der Waals surface area contributed by atoms with Gasteiger partial charge < -0.3 is 11.1 Å². The highest BCUT2D eigenvalue weighted by atomic mass is 35.5. The van der Waals surface area contributed by atoms with E-state index in [4.69, 9.17) is 5.73 Å². The fourth-order valence-electron chi connectivity index (χ4n) is 2.92. The first-order valence-electron chi connectivity index (χ1n) is 7.17. The Kier molecular flexibility index (Phi) is 5.93. The molecular formula is C14H27ClN2O. The first-order valence-corrected chi connectivity index (χ1v) is 7.17. The van der Waals surface area contributed by atoms with E-state index >= 15 is 0 Å². The van der Waals surface area contributed by atoms with E-state index in [-0.39, 0.29) is 24.4 Å². The van der Waals surface area contributed by atoms with Crippen molar-refractivity contribution >= 4 is 18.3 Å². The third-order valence-electron chi connectivity index (χ3n) is 4.78. The summed E-state index contributed by atoms with van der Waals surface area (Å²) >= 11 is 0. The Hall–Kier alpha value is -0.280. The zero-order chi connectivity index (χ0) is 12.3. The lowest BCUT2D eigenvalue weighted by Gasteiger charge is -2.28. The van der Waals surface area contributed by atoms with Crippen molar-refractivity contribution in [2.75, 3.05) is 6.54 Å². The molecule has 2 rings (SSSR count). The molecule has 0 radical (unpaired) electrons. The fraction of sp³-hybridized carbons (Fsp3) is 0.929. The van der Waals surface area contributed by atoms with Crippen LogP contribution in [-0.2, 0) is 4.79 Å². The molecule has 2 saturated carbocycles. The molecule has 2 aliphatic carbocycles. The van der Waals surface area contributed by atoms with Gasteiger partial charge in [-0.05, 0) is 43.4 Å². The Morgan fingerprint density at radius 2 is 2.00 bits per heavy atom. The second kappa shape index (κ2) is 6.76. The van der Waals surface area contributed by atoms with Crippen LogP contribution in [0.4, 0.5) is 0 Å². The highest BCUT2D eigenvalue weighted by Gasteiger charge is 2.40. The van der Waals surface area contributed by atoms with Gasteiger partial charge in [-0.25, -0.2) is 0 Å². The quantitative estimate of drug-likeness (QED) is 0.810. The van der Waals surface area contributed by atoms with Crippen molar-refractivity contribution in [3.8, 4) is 0 Å². The van der Waals surface area contributed by atoms with Crippen LogP contribution in [0.25, 0.3) is 0 Å². The van der Waals surface area contributed by atoms with Gasteiger partial charge in [0.2, 0.25) is 5.91 Å². The molecule has 0 bridgehead atoms. The van der Waals surface area contributed by atoms with Gasteiger partial charge in [0.1, 0.15) is 0 Å². The lowest BCUT2D eigenvalue weighted by Crippen LogP contribution is -2.38. The maximum absolute atomic E-state index is 11.9. The van der Waals surface area contributed by atoms with Gasteiger partial charge in [-0.3, -0.25) is 4.79 Å². The smallest absolute Gasteiger partial charge is 0.220 e. The topological polar surface area (TPSA) is 55.1 Å². The summed E-state index contributed by atoms with van der Waals surface area (Å²) in [5, 5.41) is 3.11. The van der Waals surface area contributed by atoms with Crippen molar-refractivity contribution < 1.29 is 4.79 Å². The Morgan fingerprint density at radius 3 is 2.56 bits per heavy atom. The zero-order valence-electron chi connectivity index (χ0n) is 11.4. The summed E-state index contributed by atoms with van der Waals surface area (Å²) in [4.78, 5) is 11.9. The summed E-state index contributed by atoms with van der Waals surface area (Å²) in [6.07, 6.45) is 9.10. The van der Waals surface area contributed by atoms with Gasteiger partial charge in [-0.2, -0.15) is 0 Å². The molecule has 0 heterocycles. The van der Waals surface area contributed by atoms with Crippen LogP contribution >= 0.6 is 12.4 Å². The number of amides is 1. The molecule has 0 aromatic rings. The molecule has 2 aliphatic rings. The molecule has 3 N–H and O–H groups in total. The van der Waals surface area contributed by atoms with Crippen molar-refractivity contribution in [2.24, 2.45) is 17.1 Å². The van der Waals surface area contributed by atoms with Crippen LogP contribution < -0.4 is 11.1 Å². The van der Waals surface area contributed by atoms with Crippen molar-refractivity contribution in [1.82, 2.24) is 5.32 Å². The Balaban J connectivity index is 0.00000162. The summed E-state index contributed by atoms with van der Waals surface area (Å²) in [6, 6.07) is 0.246. The van der Waals surface area contributed by atoms with E-state index in [1.807, 2.05) is 0 Å². The maximum Gasteiger partial charge on any atom is 0.220 e. The van der Waals surface area contributed by atoms with Gasteiger partial charge in [0.05, 0.1) is 0 Å². The molecule has 2 atom stereocenters. The minimum atomic E-state index is 0. The summed E-state index contributed by atoms with van der Waals surface area (Å²) in [5.41, 5.74) is 6.52. The number of rotatable bonds is 5. The third-order valence-corrected chi connectivity index (χ3v) is 4.78. The number of hydrogen-bond donors (Lipinski definition) is 2. The second-order valence-corrected chi connectivity index (χ2v) is 6.04. The van der Waals surface area contributed by atoms with Crippen molar-refractivity contribution in [3.05, 3.63) is 0 Å². The third kappa shape index (κ3) is 4.13. The molecule has 1 amide bonds. The Bertz CT molecular complexity index is 279. The molecular weight excluding hydrogens is 248 g/mol. The molecule has 18 heavy (non-hydrogen) atoms. The summed E-state index contributed by atoms with van der Waals surface area (Å²) in [6.45, 7) is 3.10. The minimum absolute atomic E-state index is 0. The van der Waals surface area contributed by atoms with Crippen LogP contribution in [0.15, 0.2) is 0 Å². The van der Waals surface area contributed by atoms with E-state index in [1.165, 1.54) is 32.1 Å². The first kappa shape index (κ1) is 15.8. The molecule has 0 aliphatic heterocycles.